The molecule has 8 aromatic carbocycles. The second-order valence-corrected chi connectivity index (χ2v) is 16.0. The first-order valence-electron chi connectivity index (χ1n) is 19.1. The summed E-state index contributed by atoms with van der Waals surface area (Å²) in [6.07, 6.45) is 0. The summed E-state index contributed by atoms with van der Waals surface area (Å²) in [5, 5.41) is 13.7. The normalized spacial score (nSPS) is 12.6. The van der Waals surface area contributed by atoms with Gasteiger partial charge >= 0.3 is 0 Å². The molecule has 0 aliphatic heterocycles. The molecule has 0 radical (unpaired) electrons. The van der Waals surface area contributed by atoms with Gasteiger partial charge in [-0.05, 0) is 47.9 Å². The van der Waals surface area contributed by atoms with E-state index in [0.29, 0.717) is 0 Å². The van der Waals surface area contributed by atoms with Crippen LogP contribution >= 0.6 is 11.5 Å². The molecule has 0 aliphatic carbocycles. The van der Waals surface area contributed by atoms with E-state index in [9.17, 15) is 0 Å². The van der Waals surface area contributed by atoms with Crippen LogP contribution in [-0.4, -0.2) is 18.5 Å². The molecule has 56 heavy (non-hydrogen) atoms. The average Bonchev–Trinajstić information content (AvgIpc) is 4.05. The van der Waals surface area contributed by atoms with Crippen molar-refractivity contribution >= 4 is 120 Å². The molecule has 0 saturated heterocycles. The fraction of sp³-hybridized carbons (Fsp3) is 0. The molecule has 0 amide bonds. The molecule has 6 heteroatoms. The predicted molar refractivity (Wildman–Crippen MR) is 234 cm³/mol. The number of hydrogen-bond acceptors (Lipinski definition) is 2. The molecule has 0 saturated carbocycles. The second-order valence-electron chi connectivity index (χ2n) is 15.0. The SMILES string of the molecule is c1ccc2c(c1)ccc1c3c4c5ccccc5n(-c5cc(-n6c7ccccc7c7ccccc76)[n+]6sc7ccccc7c6n5)c4cc4c5ccccc5n(c21)c43. The fourth-order valence-corrected chi connectivity index (χ4v) is 11.1. The Kier molecular flexibility index (Phi) is 5.34. The van der Waals surface area contributed by atoms with E-state index in [0.717, 1.165) is 33.7 Å². The maximum atomic E-state index is 5.64. The van der Waals surface area contributed by atoms with Gasteiger partial charge in [0, 0.05) is 60.0 Å². The Hall–Kier alpha value is -7.28. The van der Waals surface area contributed by atoms with Crippen molar-refractivity contribution in [1.29, 1.82) is 0 Å². The van der Waals surface area contributed by atoms with Gasteiger partial charge in [0.15, 0.2) is 0 Å². The van der Waals surface area contributed by atoms with Crippen LogP contribution in [0.5, 0.6) is 0 Å². The summed E-state index contributed by atoms with van der Waals surface area (Å²) in [5.74, 6) is 1.96. The van der Waals surface area contributed by atoms with Gasteiger partial charge in [0.05, 0.1) is 43.7 Å². The fourth-order valence-electron chi connectivity index (χ4n) is 10.0. The highest BCUT2D eigenvalue weighted by Crippen LogP contribution is 2.48. The van der Waals surface area contributed by atoms with Gasteiger partial charge < -0.3 is 4.40 Å². The van der Waals surface area contributed by atoms with Crippen LogP contribution in [0.1, 0.15) is 0 Å². The standard InChI is InChI=1S/C50H28N5S/c1-2-14-30-29(13-1)25-26-36-47-46-34-18-6-11-23-41(34)52(42(46)27-37-33-17-5-10-22-40(33)54(48(30)36)49(37)47)44-28-45(55-50(51-44)35-19-7-12-24-43(35)56-55)53-38-20-8-3-15-31(38)32-16-4-9-21-39(32)53/h1-28H/q+1. The number of para-hydroxylation sites is 4. The molecule has 0 fully saturated rings. The Morgan fingerprint density at radius 1 is 0.411 bits per heavy atom. The monoisotopic (exact) mass is 730 g/mol. The zero-order chi connectivity index (χ0) is 36.2. The van der Waals surface area contributed by atoms with E-state index in [4.69, 9.17) is 4.98 Å². The highest BCUT2D eigenvalue weighted by Gasteiger charge is 2.29. The Morgan fingerprint density at radius 2 is 1.00 bits per heavy atom. The van der Waals surface area contributed by atoms with Gasteiger partial charge in [0.2, 0.25) is 5.82 Å². The second kappa shape index (κ2) is 10.3. The van der Waals surface area contributed by atoms with Gasteiger partial charge in [-0.25, -0.2) is 4.57 Å². The van der Waals surface area contributed by atoms with Crippen molar-refractivity contribution in [3.63, 3.8) is 0 Å². The lowest BCUT2D eigenvalue weighted by atomic mass is 10.00. The zero-order valence-electron chi connectivity index (χ0n) is 29.8. The quantitative estimate of drug-likeness (QED) is 0.163. The lowest BCUT2D eigenvalue weighted by molar-refractivity contribution is -0.428. The third-order valence-corrected chi connectivity index (χ3v) is 13.3. The molecule has 0 unspecified atom stereocenters. The van der Waals surface area contributed by atoms with E-state index in [1.54, 1.807) is 11.5 Å². The van der Waals surface area contributed by atoms with Crippen molar-refractivity contribution in [2.24, 2.45) is 0 Å². The maximum absolute atomic E-state index is 5.64. The Balaban J connectivity index is 1.21. The lowest BCUT2D eigenvalue weighted by Crippen LogP contribution is -2.25. The molecule has 0 bridgehead atoms. The Labute approximate surface area is 322 Å². The van der Waals surface area contributed by atoms with Gasteiger partial charge in [-0.15, -0.1) is 3.79 Å². The van der Waals surface area contributed by atoms with Gasteiger partial charge in [0.25, 0.3) is 11.5 Å². The van der Waals surface area contributed by atoms with Crippen molar-refractivity contribution < 1.29 is 3.79 Å². The highest BCUT2D eigenvalue weighted by molar-refractivity contribution is 7.10. The molecule has 6 aromatic heterocycles. The molecule has 0 aliphatic rings. The number of rotatable bonds is 2. The molecule has 0 N–H and O–H groups in total. The first kappa shape index (κ1) is 29.1. The van der Waals surface area contributed by atoms with Gasteiger partial charge in [-0.1, -0.05) is 126 Å². The minimum atomic E-state index is 0.892. The van der Waals surface area contributed by atoms with Crippen molar-refractivity contribution in [3.8, 4) is 11.6 Å². The summed E-state index contributed by atoms with van der Waals surface area (Å²) in [5.41, 5.74) is 9.37. The summed E-state index contributed by atoms with van der Waals surface area (Å²) < 4.78 is 10.9. The molecule has 6 heterocycles. The minimum absolute atomic E-state index is 0.892. The molecule has 5 nitrogen and oxygen atoms in total. The van der Waals surface area contributed by atoms with Crippen molar-refractivity contribution in [3.05, 3.63) is 170 Å². The van der Waals surface area contributed by atoms with Crippen LogP contribution in [0.2, 0.25) is 0 Å². The summed E-state index contributed by atoms with van der Waals surface area (Å²) in [6.45, 7) is 0. The maximum Gasteiger partial charge on any atom is 0.289 e. The number of hydrogen-bond donors (Lipinski definition) is 0. The zero-order valence-corrected chi connectivity index (χ0v) is 30.6. The summed E-state index contributed by atoms with van der Waals surface area (Å²) in [6, 6.07) is 62.2. The van der Waals surface area contributed by atoms with Gasteiger partial charge in [-0.2, -0.15) is 0 Å². The van der Waals surface area contributed by atoms with Gasteiger partial charge in [-0.3, -0.25) is 4.57 Å². The van der Waals surface area contributed by atoms with Crippen LogP contribution in [-0.2, 0) is 0 Å². The third kappa shape index (κ3) is 3.47. The molecule has 0 spiro atoms. The largest absolute Gasteiger partial charge is 0.307 e. The van der Waals surface area contributed by atoms with E-state index >= 15 is 0 Å². The molecule has 14 aromatic rings. The molecular formula is C50H28N5S+. The number of aromatic nitrogens is 5. The van der Waals surface area contributed by atoms with Crippen LogP contribution in [0.15, 0.2) is 170 Å². The van der Waals surface area contributed by atoms with E-state index in [-0.39, 0.29) is 0 Å². The molecular weight excluding hydrogens is 703 g/mol. The number of nitrogens with zero attached hydrogens (tertiary/aromatic N) is 5. The first-order chi connectivity index (χ1) is 27.8. The van der Waals surface area contributed by atoms with Crippen molar-refractivity contribution in [2.45, 2.75) is 0 Å². The molecule has 258 valence electrons. The van der Waals surface area contributed by atoms with Gasteiger partial charge in [0.1, 0.15) is 11.0 Å². The van der Waals surface area contributed by atoms with E-state index < -0.39 is 0 Å². The van der Waals surface area contributed by atoms with Crippen LogP contribution in [0.3, 0.4) is 0 Å². The Morgan fingerprint density at radius 3 is 1.75 bits per heavy atom. The van der Waals surface area contributed by atoms with E-state index in [1.807, 2.05) is 0 Å². The molecule has 14 rings (SSSR count). The first-order valence-corrected chi connectivity index (χ1v) is 19.8. The number of benzene rings is 8. The van der Waals surface area contributed by atoms with Crippen LogP contribution in [0.4, 0.5) is 0 Å². The van der Waals surface area contributed by atoms with Crippen LogP contribution in [0.25, 0.3) is 120 Å². The topological polar surface area (TPSA) is 31.3 Å². The predicted octanol–water partition coefficient (Wildman–Crippen LogP) is 12.5. The highest BCUT2D eigenvalue weighted by atomic mass is 32.1. The van der Waals surface area contributed by atoms with E-state index in [2.05, 4.69) is 187 Å². The summed E-state index contributed by atoms with van der Waals surface area (Å²) in [7, 11) is 0. The van der Waals surface area contributed by atoms with Crippen LogP contribution < -0.4 is 3.79 Å². The minimum Gasteiger partial charge on any atom is -0.307 e. The third-order valence-electron chi connectivity index (χ3n) is 12.2. The summed E-state index contributed by atoms with van der Waals surface area (Å²) in [4.78, 5) is 5.64. The Bertz CT molecular complexity index is 3960. The van der Waals surface area contributed by atoms with Crippen molar-refractivity contribution in [1.82, 2.24) is 18.5 Å². The average molecular weight is 731 g/mol. The lowest BCUT2D eigenvalue weighted by Gasteiger charge is -2.08. The summed E-state index contributed by atoms with van der Waals surface area (Å²) >= 11 is 1.75. The number of fused-ring (bicyclic) bond motifs is 18. The van der Waals surface area contributed by atoms with Crippen molar-refractivity contribution in [2.75, 3.05) is 0 Å². The molecule has 0 atom stereocenters. The van der Waals surface area contributed by atoms with E-state index in [1.165, 1.54) is 86.1 Å². The smallest absolute Gasteiger partial charge is 0.289 e. The van der Waals surface area contributed by atoms with Crippen LogP contribution in [0, 0.1) is 0 Å².